The molecule has 86 valence electrons. The second kappa shape index (κ2) is 5.54. The van der Waals surface area contributed by atoms with E-state index < -0.39 is 0 Å². The lowest BCUT2D eigenvalue weighted by atomic mass is 9.93. The Morgan fingerprint density at radius 3 is 1.69 bits per heavy atom. The van der Waals surface area contributed by atoms with Crippen molar-refractivity contribution in [3.8, 4) is 0 Å². The van der Waals surface area contributed by atoms with Gasteiger partial charge in [-0.2, -0.15) is 0 Å². The van der Waals surface area contributed by atoms with E-state index in [0.29, 0.717) is 18.1 Å². The number of nitrogens with zero attached hydrogens (tertiary/aromatic N) is 1. The summed E-state index contributed by atoms with van der Waals surface area (Å²) in [6.45, 7) is 11.2. The third-order valence-electron chi connectivity index (χ3n) is 3.06. The summed E-state index contributed by atoms with van der Waals surface area (Å²) in [6, 6.07) is 9.73. The first kappa shape index (κ1) is 13.3. The molecule has 1 atom stereocenters. The lowest BCUT2D eigenvalue weighted by Crippen LogP contribution is -2.39. The van der Waals surface area contributed by atoms with Crippen molar-refractivity contribution in [2.45, 2.75) is 52.7 Å². The molecular formula is C14H22BN. The molecule has 0 aliphatic carbocycles. The van der Waals surface area contributed by atoms with Gasteiger partial charge in [-0.05, 0) is 40.2 Å². The molecule has 16 heavy (non-hydrogen) atoms. The fourth-order valence-electron chi connectivity index (χ4n) is 2.44. The summed E-state index contributed by atoms with van der Waals surface area (Å²) in [6.07, 6.45) is 0. The molecule has 2 radical (unpaired) electrons. The van der Waals surface area contributed by atoms with Crippen LogP contribution in [0.3, 0.4) is 0 Å². The largest absolute Gasteiger partial charge is 0.292 e. The molecule has 0 saturated carbocycles. The first-order chi connectivity index (χ1) is 7.43. The molecule has 0 spiro atoms. The Hall–Kier alpha value is -0.755. The summed E-state index contributed by atoms with van der Waals surface area (Å²) < 4.78 is 0. The summed E-state index contributed by atoms with van der Waals surface area (Å²) in [7, 11) is 5.71. The van der Waals surface area contributed by atoms with Gasteiger partial charge >= 0.3 is 0 Å². The molecule has 1 rings (SSSR count). The maximum atomic E-state index is 5.71. The van der Waals surface area contributed by atoms with Gasteiger partial charge in [0.2, 0.25) is 0 Å². The van der Waals surface area contributed by atoms with Crippen LogP contribution >= 0.6 is 0 Å². The van der Waals surface area contributed by atoms with Crippen molar-refractivity contribution in [2.24, 2.45) is 0 Å². The van der Waals surface area contributed by atoms with Gasteiger partial charge in [-0.25, -0.2) is 0 Å². The first-order valence-corrected chi connectivity index (χ1v) is 6.06. The van der Waals surface area contributed by atoms with Crippen molar-refractivity contribution >= 4 is 13.3 Å². The molecule has 1 unspecified atom stereocenters. The molecule has 1 aromatic carbocycles. The number of hydrogen-bond donors (Lipinski definition) is 0. The molecule has 0 aliphatic rings. The maximum absolute atomic E-state index is 5.71. The third kappa shape index (κ3) is 3.12. The van der Waals surface area contributed by atoms with E-state index in [4.69, 9.17) is 7.85 Å². The highest BCUT2D eigenvalue weighted by Crippen LogP contribution is 2.24. The van der Waals surface area contributed by atoms with Gasteiger partial charge in [0.15, 0.2) is 0 Å². The van der Waals surface area contributed by atoms with Gasteiger partial charge in [0, 0.05) is 18.1 Å². The van der Waals surface area contributed by atoms with Crippen LogP contribution in [0, 0.1) is 0 Å². The second-order valence-electron chi connectivity index (χ2n) is 4.98. The zero-order chi connectivity index (χ0) is 12.3. The molecule has 0 saturated heterocycles. The number of benzene rings is 1. The zero-order valence-electron chi connectivity index (χ0n) is 11.1. The second-order valence-corrected chi connectivity index (χ2v) is 4.98. The Labute approximate surface area is 101 Å². The fraction of sp³-hybridized carbons (Fsp3) is 0.571. The van der Waals surface area contributed by atoms with Gasteiger partial charge in [-0.3, -0.25) is 4.90 Å². The lowest BCUT2D eigenvalue weighted by molar-refractivity contribution is 0.123. The van der Waals surface area contributed by atoms with Crippen LogP contribution in [-0.4, -0.2) is 24.8 Å². The van der Waals surface area contributed by atoms with Crippen LogP contribution in [0.4, 0.5) is 0 Å². The Balaban J connectivity index is 2.90. The number of rotatable bonds is 4. The van der Waals surface area contributed by atoms with Crippen LogP contribution < -0.4 is 5.46 Å². The van der Waals surface area contributed by atoms with E-state index >= 15 is 0 Å². The minimum Gasteiger partial charge on any atom is -0.292 e. The Morgan fingerprint density at radius 1 is 0.875 bits per heavy atom. The molecule has 1 nitrogen and oxygen atoms in total. The molecule has 0 bridgehead atoms. The van der Waals surface area contributed by atoms with E-state index in [9.17, 15) is 0 Å². The average Bonchev–Trinajstić information content (AvgIpc) is 2.17. The molecule has 0 fully saturated rings. The van der Waals surface area contributed by atoms with E-state index in [2.05, 4.69) is 51.7 Å². The van der Waals surface area contributed by atoms with E-state index in [1.165, 1.54) is 5.56 Å². The maximum Gasteiger partial charge on any atom is 0.113 e. The van der Waals surface area contributed by atoms with Crippen LogP contribution in [-0.2, 0) is 0 Å². The van der Waals surface area contributed by atoms with Gasteiger partial charge in [0.25, 0.3) is 0 Å². The van der Waals surface area contributed by atoms with Crippen molar-refractivity contribution in [2.75, 3.05) is 0 Å². The highest BCUT2D eigenvalue weighted by Gasteiger charge is 2.20. The smallest absolute Gasteiger partial charge is 0.113 e. The van der Waals surface area contributed by atoms with E-state index in [-0.39, 0.29) is 0 Å². The zero-order valence-corrected chi connectivity index (χ0v) is 11.1. The van der Waals surface area contributed by atoms with Gasteiger partial charge in [0.1, 0.15) is 7.85 Å². The highest BCUT2D eigenvalue weighted by atomic mass is 15.2. The molecular weight excluding hydrogens is 193 g/mol. The summed E-state index contributed by atoms with van der Waals surface area (Å²) in [5, 5.41) is 0. The van der Waals surface area contributed by atoms with Crippen LogP contribution in [0.2, 0.25) is 0 Å². The fourth-order valence-corrected chi connectivity index (χ4v) is 2.44. The van der Waals surface area contributed by atoms with Gasteiger partial charge in [-0.1, -0.05) is 29.7 Å². The van der Waals surface area contributed by atoms with Gasteiger partial charge < -0.3 is 0 Å². The van der Waals surface area contributed by atoms with Gasteiger partial charge in [-0.15, -0.1) is 0 Å². The third-order valence-corrected chi connectivity index (χ3v) is 3.06. The molecule has 2 heteroatoms. The van der Waals surface area contributed by atoms with Gasteiger partial charge in [0.05, 0.1) is 0 Å². The average molecular weight is 215 g/mol. The van der Waals surface area contributed by atoms with Crippen molar-refractivity contribution in [1.82, 2.24) is 4.90 Å². The summed E-state index contributed by atoms with van der Waals surface area (Å²) in [4.78, 5) is 2.51. The molecule has 0 aromatic heterocycles. The highest BCUT2D eigenvalue weighted by molar-refractivity contribution is 6.32. The van der Waals surface area contributed by atoms with E-state index in [1.54, 1.807) is 0 Å². The Bertz CT molecular complexity index is 308. The Morgan fingerprint density at radius 2 is 1.31 bits per heavy atom. The predicted molar refractivity (Wildman–Crippen MR) is 72.4 cm³/mol. The van der Waals surface area contributed by atoms with Crippen molar-refractivity contribution in [3.63, 3.8) is 0 Å². The van der Waals surface area contributed by atoms with E-state index in [0.717, 1.165) is 5.46 Å². The van der Waals surface area contributed by atoms with Crippen LogP contribution in [0.1, 0.15) is 46.2 Å². The van der Waals surface area contributed by atoms with Crippen LogP contribution in [0.25, 0.3) is 0 Å². The standard InChI is InChI=1S/C14H22BN/c1-10(2)16(11(3)4)12(5)13-6-8-14(15)9-7-13/h6-12H,1-5H3. The minimum atomic E-state index is 0.431. The molecule has 1 aromatic rings. The van der Waals surface area contributed by atoms with Crippen LogP contribution in [0.5, 0.6) is 0 Å². The lowest BCUT2D eigenvalue weighted by Gasteiger charge is -2.36. The predicted octanol–water partition coefficient (Wildman–Crippen LogP) is 2.66. The molecule has 0 N–H and O–H groups in total. The molecule has 0 amide bonds. The normalized spacial score (nSPS) is 13.8. The summed E-state index contributed by atoms with van der Waals surface area (Å²) >= 11 is 0. The minimum absolute atomic E-state index is 0.431. The molecule has 0 heterocycles. The van der Waals surface area contributed by atoms with E-state index in [1.807, 2.05) is 12.1 Å². The summed E-state index contributed by atoms with van der Waals surface area (Å²) in [5.74, 6) is 0. The monoisotopic (exact) mass is 215 g/mol. The van der Waals surface area contributed by atoms with Crippen molar-refractivity contribution < 1.29 is 0 Å². The SMILES string of the molecule is [B]c1ccc(C(C)N(C(C)C)C(C)C)cc1. The first-order valence-electron chi connectivity index (χ1n) is 6.06. The molecule has 0 aliphatic heterocycles. The number of hydrogen-bond acceptors (Lipinski definition) is 1. The quantitative estimate of drug-likeness (QED) is 0.698. The van der Waals surface area contributed by atoms with Crippen molar-refractivity contribution in [3.05, 3.63) is 29.8 Å². The Kier molecular flexibility index (Phi) is 4.61. The van der Waals surface area contributed by atoms with Crippen molar-refractivity contribution in [1.29, 1.82) is 0 Å². The topological polar surface area (TPSA) is 3.24 Å². The van der Waals surface area contributed by atoms with Crippen LogP contribution in [0.15, 0.2) is 24.3 Å². The summed E-state index contributed by atoms with van der Waals surface area (Å²) in [5.41, 5.74) is 2.16.